The van der Waals surface area contributed by atoms with Gasteiger partial charge in [0, 0.05) is 25.8 Å². The first-order chi connectivity index (χ1) is 12.3. The molecule has 1 atom stereocenters. The molecule has 0 radical (unpaired) electrons. The Morgan fingerprint density at radius 1 is 1.23 bits per heavy atom. The van der Waals surface area contributed by atoms with Crippen molar-refractivity contribution in [3.63, 3.8) is 0 Å². The van der Waals surface area contributed by atoms with E-state index in [0.29, 0.717) is 32.4 Å². The van der Waals surface area contributed by atoms with Gasteiger partial charge in [-0.05, 0) is 30.5 Å². The second kappa shape index (κ2) is 7.06. The number of rotatable bonds is 5. The quantitative estimate of drug-likeness (QED) is 0.735. The summed E-state index contributed by atoms with van der Waals surface area (Å²) in [6.07, 6.45) is 2.55. The number of amides is 4. The Labute approximate surface area is 152 Å². The van der Waals surface area contributed by atoms with Crippen LogP contribution in [0.3, 0.4) is 0 Å². The molecule has 1 aromatic carbocycles. The molecule has 2 aliphatic heterocycles. The van der Waals surface area contributed by atoms with Crippen LogP contribution in [0, 0.1) is 0 Å². The lowest BCUT2D eigenvalue weighted by molar-refractivity contribution is -0.131. The Kier molecular flexibility index (Phi) is 4.99. The number of hydrogen-bond acceptors (Lipinski definition) is 5. The molecule has 0 spiro atoms. The first kappa shape index (κ1) is 18.4. The highest BCUT2D eigenvalue weighted by molar-refractivity contribution is 7.90. The highest BCUT2D eigenvalue weighted by Crippen LogP contribution is 2.19. The molecule has 9 heteroatoms. The summed E-state index contributed by atoms with van der Waals surface area (Å²) in [5.74, 6) is -0.285. The molecule has 4 amide bonds. The van der Waals surface area contributed by atoms with Gasteiger partial charge in [0.25, 0.3) is 0 Å². The summed E-state index contributed by atoms with van der Waals surface area (Å²) >= 11 is 0. The maximum Gasteiger partial charge on any atom is 0.324 e. The number of carbonyl (C=O) groups excluding carboxylic acids is 3. The van der Waals surface area contributed by atoms with Crippen LogP contribution in [0.2, 0.25) is 0 Å². The van der Waals surface area contributed by atoms with Crippen molar-refractivity contribution < 1.29 is 22.8 Å². The molecule has 26 heavy (non-hydrogen) atoms. The minimum atomic E-state index is -3.23. The van der Waals surface area contributed by atoms with Crippen molar-refractivity contribution in [1.82, 2.24) is 15.1 Å². The molecule has 1 unspecified atom stereocenters. The highest BCUT2D eigenvalue weighted by atomic mass is 32.2. The minimum absolute atomic E-state index is 0.0206. The van der Waals surface area contributed by atoms with Crippen LogP contribution in [0.5, 0.6) is 0 Å². The van der Waals surface area contributed by atoms with Crippen molar-refractivity contribution in [1.29, 1.82) is 0 Å². The second-order valence-electron chi connectivity index (χ2n) is 6.62. The van der Waals surface area contributed by atoms with Gasteiger partial charge in [-0.1, -0.05) is 12.1 Å². The zero-order valence-corrected chi connectivity index (χ0v) is 15.3. The third-order valence-corrected chi connectivity index (χ3v) is 5.87. The SMILES string of the molecule is CS(=O)(=O)c1ccc(CCC(=O)N2CCC(N3C(=O)CNC3=O)C2)cc1. The summed E-state index contributed by atoms with van der Waals surface area (Å²) in [6.45, 7) is 0.908. The average Bonchev–Trinajstić information content (AvgIpc) is 3.19. The van der Waals surface area contributed by atoms with E-state index in [0.717, 1.165) is 11.8 Å². The summed E-state index contributed by atoms with van der Waals surface area (Å²) in [6, 6.07) is 5.85. The second-order valence-corrected chi connectivity index (χ2v) is 8.64. The summed E-state index contributed by atoms with van der Waals surface area (Å²) in [5, 5.41) is 2.49. The van der Waals surface area contributed by atoms with E-state index >= 15 is 0 Å². The normalized spacial score (nSPS) is 20.6. The summed E-state index contributed by atoms with van der Waals surface area (Å²) in [5.41, 5.74) is 0.885. The maximum atomic E-state index is 12.4. The van der Waals surface area contributed by atoms with Gasteiger partial charge < -0.3 is 10.2 Å². The van der Waals surface area contributed by atoms with Crippen molar-refractivity contribution in [2.45, 2.75) is 30.2 Å². The topological polar surface area (TPSA) is 104 Å². The van der Waals surface area contributed by atoms with Crippen LogP contribution in [-0.4, -0.2) is 68.0 Å². The van der Waals surface area contributed by atoms with Crippen LogP contribution in [0.1, 0.15) is 18.4 Å². The number of hydrogen-bond donors (Lipinski definition) is 1. The van der Waals surface area contributed by atoms with Gasteiger partial charge >= 0.3 is 6.03 Å². The fraction of sp³-hybridized carbons (Fsp3) is 0.471. The number of nitrogens with one attached hydrogen (secondary N) is 1. The van der Waals surface area contributed by atoms with Gasteiger partial charge in [-0.15, -0.1) is 0 Å². The van der Waals surface area contributed by atoms with Crippen LogP contribution in [-0.2, 0) is 25.8 Å². The van der Waals surface area contributed by atoms with E-state index in [9.17, 15) is 22.8 Å². The lowest BCUT2D eigenvalue weighted by atomic mass is 10.1. The van der Waals surface area contributed by atoms with E-state index in [2.05, 4.69) is 5.32 Å². The van der Waals surface area contributed by atoms with Crippen LogP contribution in [0.4, 0.5) is 4.79 Å². The van der Waals surface area contributed by atoms with E-state index in [4.69, 9.17) is 0 Å². The molecule has 1 aromatic rings. The average molecular weight is 379 g/mol. The van der Waals surface area contributed by atoms with Crippen LogP contribution < -0.4 is 5.32 Å². The zero-order valence-electron chi connectivity index (χ0n) is 14.5. The summed E-state index contributed by atoms with van der Waals surface area (Å²) in [4.78, 5) is 39.0. The smallest absolute Gasteiger partial charge is 0.324 e. The number of urea groups is 1. The third kappa shape index (κ3) is 3.87. The summed E-state index contributed by atoms with van der Waals surface area (Å²) in [7, 11) is -3.23. The van der Waals surface area contributed by atoms with Crippen LogP contribution in [0.15, 0.2) is 29.2 Å². The predicted molar refractivity (Wildman–Crippen MR) is 93.1 cm³/mol. The van der Waals surface area contributed by atoms with Crippen LogP contribution in [0.25, 0.3) is 0 Å². The number of benzene rings is 1. The Balaban J connectivity index is 1.53. The molecule has 0 saturated carbocycles. The molecule has 0 aliphatic carbocycles. The largest absolute Gasteiger partial charge is 0.341 e. The van der Waals surface area contributed by atoms with E-state index < -0.39 is 9.84 Å². The van der Waals surface area contributed by atoms with E-state index in [1.165, 1.54) is 4.90 Å². The molecule has 2 heterocycles. The highest BCUT2D eigenvalue weighted by Gasteiger charge is 2.39. The van der Waals surface area contributed by atoms with Crippen molar-refractivity contribution >= 4 is 27.7 Å². The number of aryl methyl sites for hydroxylation is 1. The number of nitrogens with zero attached hydrogens (tertiary/aromatic N) is 2. The predicted octanol–water partition coefficient (Wildman–Crippen LogP) is 0.175. The maximum absolute atomic E-state index is 12.4. The first-order valence-corrected chi connectivity index (χ1v) is 10.3. The third-order valence-electron chi connectivity index (χ3n) is 4.74. The fourth-order valence-electron chi connectivity index (χ4n) is 3.30. The van der Waals surface area contributed by atoms with Gasteiger partial charge in [-0.2, -0.15) is 0 Å². The first-order valence-electron chi connectivity index (χ1n) is 8.42. The molecule has 140 valence electrons. The standard InChI is InChI=1S/C17H21N3O5S/c1-26(24,25)14-5-2-12(3-6-14)4-7-15(21)19-9-8-13(11-19)20-16(22)10-18-17(20)23/h2-3,5-6,13H,4,7-11H2,1H3,(H,18,23). The van der Waals surface area contributed by atoms with Gasteiger partial charge in [-0.25, -0.2) is 13.2 Å². The molecule has 3 rings (SSSR count). The molecule has 2 saturated heterocycles. The molecule has 2 aliphatic rings. The van der Waals surface area contributed by atoms with Gasteiger partial charge in [0.05, 0.1) is 17.5 Å². The van der Waals surface area contributed by atoms with Crippen molar-refractivity contribution in [3.05, 3.63) is 29.8 Å². The van der Waals surface area contributed by atoms with Gasteiger partial charge in [0.2, 0.25) is 11.8 Å². The number of carbonyl (C=O) groups is 3. The number of likely N-dealkylation sites (tertiary alicyclic amines) is 1. The Morgan fingerprint density at radius 2 is 1.92 bits per heavy atom. The molecule has 1 N–H and O–H groups in total. The molecular formula is C17H21N3O5S. The molecular weight excluding hydrogens is 358 g/mol. The Bertz CT molecular complexity index is 818. The molecule has 2 fully saturated rings. The lowest BCUT2D eigenvalue weighted by Gasteiger charge is -2.21. The fourth-order valence-corrected chi connectivity index (χ4v) is 3.93. The monoisotopic (exact) mass is 379 g/mol. The van der Waals surface area contributed by atoms with Crippen LogP contribution >= 0.6 is 0 Å². The van der Waals surface area contributed by atoms with Gasteiger partial charge in [-0.3, -0.25) is 14.5 Å². The summed E-state index contributed by atoms with van der Waals surface area (Å²) < 4.78 is 22.9. The molecule has 8 nitrogen and oxygen atoms in total. The van der Waals surface area contributed by atoms with Crippen molar-refractivity contribution in [2.24, 2.45) is 0 Å². The Morgan fingerprint density at radius 3 is 2.50 bits per heavy atom. The van der Waals surface area contributed by atoms with Gasteiger partial charge in [0.15, 0.2) is 9.84 Å². The number of sulfone groups is 1. The van der Waals surface area contributed by atoms with E-state index in [1.807, 2.05) is 0 Å². The van der Waals surface area contributed by atoms with Gasteiger partial charge in [0.1, 0.15) is 0 Å². The lowest BCUT2D eigenvalue weighted by Crippen LogP contribution is -2.42. The number of imide groups is 1. The Hall–Kier alpha value is -2.42. The van der Waals surface area contributed by atoms with E-state index in [1.54, 1.807) is 29.2 Å². The zero-order chi connectivity index (χ0) is 18.9. The molecule has 0 bridgehead atoms. The van der Waals surface area contributed by atoms with Crippen molar-refractivity contribution in [3.8, 4) is 0 Å². The van der Waals surface area contributed by atoms with Crippen molar-refractivity contribution in [2.75, 3.05) is 25.9 Å². The molecule has 0 aromatic heterocycles. The minimum Gasteiger partial charge on any atom is -0.341 e. The van der Waals surface area contributed by atoms with E-state index in [-0.39, 0.29) is 35.3 Å².